The maximum atomic E-state index is 6.06. The highest BCUT2D eigenvalue weighted by molar-refractivity contribution is 9.10. The largest absolute Gasteiger partial charge is 0.454 e. The summed E-state index contributed by atoms with van der Waals surface area (Å²) in [5.41, 5.74) is 6.06. The maximum Gasteiger partial charge on any atom is 0.169 e. The molecule has 0 spiro atoms. The van der Waals surface area contributed by atoms with E-state index in [1.807, 2.05) is 12.1 Å². The second kappa shape index (κ2) is 4.47. The van der Waals surface area contributed by atoms with Crippen LogP contribution in [0.5, 0.6) is 0 Å². The fourth-order valence-electron chi connectivity index (χ4n) is 1.75. The van der Waals surface area contributed by atoms with Crippen molar-refractivity contribution in [3.8, 4) is 0 Å². The van der Waals surface area contributed by atoms with Gasteiger partial charge in [0, 0.05) is 19.1 Å². The van der Waals surface area contributed by atoms with Crippen molar-refractivity contribution in [2.75, 3.05) is 13.2 Å². The van der Waals surface area contributed by atoms with Crippen LogP contribution < -0.4 is 5.73 Å². The molecular weight excluding hydrogens is 246 g/mol. The highest BCUT2D eigenvalue weighted by atomic mass is 79.9. The first-order chi connectivity index (χ1) is 6.75. The molecule has 2 atom stereocenters. The number of furan rings is 1. The van der Waals surface area contributed by atoms with Gasteiger partial charge in [-0.2, -0.15) is 0 Å². The minimum absolute atomic E-state index is 0.149. The van der Waals surface area contributed by atoms with Crippen molar-refractivity contribution in [2.24, 2.45) is 11.7 Å². The number of rotatable bonds is 3. The van der Waals surface area contributed by atoms with Gasteiger partial charge < -0.3 is 14.9 Å². The molecule has 2 heterocycles. The van der Waals surface area contributed by atoms with Crippen molar-refractivity contribution < 1.29 is 9.15 Å². The molecule has 1 fully saturated rings. The zero-order valence-electron chi connectivity index (χ0n) is 7.91. The summed E-state index contributed by atoms with van der Waals surface area (Å²) >= 11 is 3.27. The predicted molar refractivity (Wildman–Crippen MR) is 57.0 cm³/mol. The molecule has 0 aliphatic carbocycles. The van der Waals surface area contributed by atoms with Crippen LogP contribution in [0.3, 0.4) is 0 Å². The Morgan fingerprint density at radius 1 is 1.57 bits per heavy atom. The van der Waals surface area contributed by atoms with E-state index in [4.69, 9.17) is 14.9 Å². The van der Waals surface area contributed by atoms with Gasteiger partial charge in [0.2, 0.25) is 0 Å². The van der Waals surface area contributed by atoms with Crippen LogP contribution in [0.4, 0.5) is 0 Å². The van der Waals surface area contributed by atoms with E-state index in [2.05, 4.69) is 15.9 Å². The normalized spacial score (nSPS) is 24.0. The Morgan fingerprint density at radius 3 is 3.00 bits per heavy atom. The lowest BCUT2D eigenvalue weighted by Gasteiger charge is -2.15. The fourth-order valence-corrected chi connectivity index (χ4v) is 2.09. The minimum atomic E-state index is 0.149. The summed E-state index contributed by atoms with van der Waals surface area (Å²) in [6.45, 7) is 1.64. The monoisotopic (exact) mass is 259 g/mol. The molecule has 0 bridgehead atoms. The average molecular weight is 260 g/mol. The van der Waals surface area contributed by atoms with Gasteiger partial charge in [0.15, 0.2) is 4.67 Å². The first-order valence-corrected chi connectivity index (χ1v) is 5.62. The van der Waals surface area contributed by atoms with Gasteiger partial charge in [-0.3, -0.25) is 0 Å². The van der Waals surface area contributed by atoms with Gasteiger partial charge in [-0.1, -0.05) is 0 Å². The van der Waals surface area contributed by atoms with Gasteiger partial charge in [-0.15, -0.1) is 0 Å². The molecule has 2 N–H and O–H groups in total. The molecule has 1 aliphatic heterocycles. The Kier molecular flexibility index (Phi) is 3.26. The molecule has 2 unspecified atom stereocenters. The molecule has 1 aliphatic rings. The Bertz CT molecular complexity index is 294. The summed E-state index contributed by atoms with van der Waals surface area (Å²) in [6, 6.07) is 4.00. The second-order valence-electron chi connectivity index (χ2n) is 3.70. The number of hydrogen-bond donors (Lipinski definition) is 1. The van der Waals surface area contributed by atoms with E-state index in [0.29, 0.717) is 5.92 Å². The molecule has 0 radical (unpaired) electrons. The number of ether oxygens (including phenoxy) is 1. The third-order valence-electron chi connectivity index (χ3n) is 2.64. The van der Waals surface area contributed by atoms with E-state index in [-0.39, 0.29) is 6.04 Å². The van der Waals surface area contributed by atoms with Crippen LogP contribution in [-0.4, -0.2) is 19.3 Å². The standard InChI is InChI=1S/C10H14BrNO2/c11-10-2-1-8(14-10)5-9(12)7-3-4-13-6-7/h1-2,7,9H,3-6,12H2. The van der Waals surface area contributed by atoms with Crippen molar-refractivity contribution in [3.63, 3.8) is 0 Å². The number of hydrogen-bond acceptors (Lipinski definition) is 3. The third kappa shape index (κ3) is 2.38. The molecule has 4 heteroatoms. The SMILES string of the molecule is NC(Cc1ccc(Br)o1)C1CCOC1. The van der Waals surface area contributed by atoms with Gasteiger partial charge in [0.25, 0.3) is 0 Å². The zero-order chi connectivity index (χ0) is 9.97. The Labute approximate surface area is 91.7 Å². The van der Waals surface area contributed by atoms with Crippen LogP contribution in [0.1, 0.15) is 12.2 Å². The highest BCUT2D eigenvalue weighted by Crippen LogP contribution is 2.20. The van der Waals surface area contributed by atoms with Gasteiger partial charge in [0.1, 0.15) is 5.76 Å². The van der Waals surface area contributed by atoms with Crippen molar-refractivity contribution in [1.29, 1.82) is 0 Å². The van der Waals surface area contributed by atoms with Crippen LogP contribution in [0.25, 0.3) is 0 Å². The van der Waals surface area contributed by atoms with Crippen molar-refractivity contribution in [1.82, 2.24) is 0 Å². The van der Waals surface area contributed by atoms with Gasteiger partial charge in [-0.25, -0.2) is 0 Å². The van der Waals surface area contributed by atoms with Crippen molar-refractivity contribution in [3.05, 3.63) is 22.6 Å². The molecule has 1 aromatic rings. The quantitative estimate of drug-likeness (QED) is 0.903. The van der Waals surface area contributed by atoms with Crippen LogP contribution in [0, 0.1) is 5.92 Å². The molecule has 0 aromatic carbocycles. The topological polar surface area (TPSA) is 48.4 Å². The fraction of sp³-hybridized carbons (Fsp3) is 0.600. The molecular formula is C10H14BrNO2. The van der Waals surface area contributed by atoms with E-state index >= 15 is 0 Å². The molecule has 1 aromatic heterocycles. The van der Waals surface area contributed by atoms with Gasteiger partial charge in [0.05, 0.1) is 6.61 Å². The first-order valence-electron chi connectivity index (χ1n) is 4.83. The average Bonchev–Trinajstić information content (AvgIpc) is 2.75. The molecule has 2 rings (SSSR count). The summed E-state index contributed by atoms with van der Waals surface area (Å²) < 4.78 is 11.5. The van der Waals surface area contributed by atoms with E-state index in [9.17, 15) is 0 Å². The molecule has 3 nitrogen and oxygen atoms in total. The van der Waals surface area contributed by atoms with Crippen LogP contribution in [0.2, 0.25) is 0 Å². The predicted octanol–water partition coefficient (Wildman–Crippen LogP) is 1.95. The molecule has 1 saturated heterocycles. The number of nitrogens with two attached hydrogens (primary N) is 1. The summed E-state index contributed by atoms with van der Waals surface area (Å²) in [6.07, 6.45) is 1.86. The van der Waals surface area contributed by atoms with Crippen LogP contribution in [-0.2, 0) is 11.2 Å². The third-order valence-corrected chi connectivity index (χ3v) is 3.06. The highest BCUT2D eigenvalue weighted by Gasteiger charge is 2.23. The van der Waals surface area contributed by atoms with Crippen molar-refractivity contribution >= 4 is 15.9 Å². The van der Waals surface area contributed by atoms with E-state index in [1.165, 1.54) is 0 Å². The van der Waals surface area contributed by atoms with E-state index in [0.717, 1.165) is 36.5 Å². The van der Waals surface area contributed by atoms with E-state index < -0.39 is 0 Å². The minimum Gasteiger partial charge on any atom is -0.454 e. The second-order valence-corrected chi connectivity index (χ2v) is 4.48. The zero-order valence-corrected chi connectivity index (χ0v) is 9.50. The molecule has 78 valence electrons. The van der Waals surface area contributed by atoms with E-state index in [1.54, 1.807) is 0 Å². The Hall–Kier alpha value is -0.320. The van der Waals surface area contributed by atoms with Gasteiger partial charge in [-0.05, 0) is 40.4 Å². The Morgan fingerprint density at radius 2 is 2.43 bits per heavy atom. The summed E-state index contributed by atoms with van der Waals surface area (Å²) in [4.78, 5) is 0. The molecule has 14 heavy (non-hydrogen) atoms. The first kappa shape index (κ1) is 10.2. The smallest absolute Gasteiger partial charge is 0.169 e. The summed E-state index contributed by atoms with van der Waals surface area (Å²) in [7, 11) is 0. The van der Waals surface area contributed by atoms with Crippen LogP contribution in [0.15, 0.2) is 21.2 Å². The number of halogens is 1. The summed E-state index contributed by atoms with van der Waals surface area (Å²) in [5, 5.41) is 0. The maximum absolute atomic E-state index is 6.06. The van der Waals surface area contributed by atoms with Crippen LogP contribution >= 0.6 is 15.9 Å². The lowest BCUT2D eigenvalue weighted by atomic mass is 9.96. The molecule has 0 amide bonds. The Balaban J connectivity index is 1.90. The lowest BCUT2D eigenvalue weighted by Crippen LogP contribution is -2.32. The molecule has 0 saturated carbocycles. The summed E-state index contributed by atoms with van der Waals surface area (Å²) in [5.74, 6) is 1.43. The van der Waals surface area contributed by atoms with Gasteiger partial charge >= 0.3 is 0 Å². The lowest BCUT2D eigenvalue weighted by molar-refractivity contribution is 0.180. The van der Waals surface area contributed by atoms with Crippen molar-refractivity contribution in [2.45, 2.75) is 18.9 Å².